The largest absolute Gasteiger partial charge is 0.416 e. The van der Waals surface area contributed by atoms with Crippen LogP contribution in [0, 0.1) is 11.8 Å². The molecule has 0 spiro atoms. The molecule has 4 rings (SSSR count). The topological polar surface area (TPSA) is 119 Å². The molecule has 7 nitrogen and oxygen atoms in total. The van der Waals surface area contributed by atoms with E-state index in [0.717, 1.165) is 29.0 Å². The SMILES string of the molecule is O=P(O)(O)[C@@H](Cc1c[nH]c2ccccc12)NS(=O)(=O)c1ccc(C#Cc2ccc(C(F)(F)F)cc2)s1. The first-order chi connectivity index (χ1) is 16.8. The van der Waals surface area contributed by atoms with Gasteiger partial charge in [0.1, 0.15) is 9.99 Å². The minimum absolute atomic E-state index is 0.211. The monoisotopic (exact) mass is 554 g/mol. The summed E-state index contributed by atoms with van der Waals surface area (Å²) in [5.74, 6) is 3.65. The van der Waals surface area contributed by atoms with Crippen LogP contribution in [-0.2, 0) is 27.2 Å². The van der Waals surface area contributed by atoms with E-state index >= 15 is 0 Å². The summed E-state index contributed by atoms with van der Waals surface area (Å²) in [5, 5.41) is 0.715. The first-order valence-electron chi connectivity index (χ1n) is 10.2. The number of sulfonamides is 1. The Morgan fingerprint density at radius 2 is 1.72 bits per heavy atom. The number of hydrogen-bond donors (Lipinski definition) is 4. The average Bonchev–Trinajstić information content (AvgIpc) is 3.44. The minimum atomic E-state index is -4.88. The van der Waals surface area contributed by atoms with Crippen LogP contribution in [0.25, 0.3) is 10.9 Å². The molecule has 2 aromatic carbocycles. The number of halogens is 3. The van der Waals surface area contributed by atoms with Gasteiger partial charge < -0.3 is 14.8 Å². The van der Waals surface area contributed by atoms with E-state index in [9.17, 15) is 35.9 Å². The summed E-state index contributed by atoms with van der Waals surface area (Å²) in [6.07, 6.45) is -3.14. The Bertz CT molecular complexity index is 1610. The second kappa shape index (κ2) is 9.86. The summed E-state index contributed by atoms with van der Waals surface area (Å²) in [6.45, 7) is 0. The number of hydrogen-bond acceptors (Lipinski definition) is 4. The third kappa shape index (κ3) is 6.07. The number of benzene rings is 2. The van der Waals surface area contributed by atoms with Gasteiger partial charge in [-0.2, -0.15) is 17.9 Å². The summed E-state index contributed by atoms with van der Waals surface area (Å²) in [5.41, 5.74) is 0.778. The summed E-state index contributed by atoms with van der Waals surface area (Å²) in [4.78, 5) is 22.9. The number of aromatic nitrogens is 1. The van der Waals surface area contributed by atoms with Gasteiger partial charge >= 0.3 is 13.8 Å². The fourth-order valence-corrected chi connectivity index (χ4v) is 7.03. The Labute approximate surface area is 208 Å². The lowest BCUT2D eigenvalue weighted by atomic mass is 10.1. The van der Waals surface area contributed by atoms with Crippen molar-refractivity contribution in [3.63, 3.8) is 0 Å². The first kappa shape index (κ1) is 26.2. The van der Waals surface area contributed by atoms with Gasteiger partial charge in [-0.25, -0.2) is 8.42 Å². The van der Waals surface area contributed by atoms with Gasteiger partial charge in [-0.1, -0.05) is 30.0 Å². The summed E-state index contributed by atoms with van der Waals surface area (Å²) in [7, 11) is -9.19. The molecule has 36 heavy (non-hydrogen) atoms. The molecule has 0 amide bonds. The fraction of sp³-hybridized carbons (Fsp3) is 0.130. The van der Waals surface area contributed by atoms with Crippen molar-refractivity contribution >= 4 is 39.9 Å². The molecule has 1 atom stereocenters. The Balaban J connectivity index is 1.53. The van der Waals surface area contributed by atoms with Crippen molar-refractivity contribution < 1.29 is 35.9 Å². The van der Waals surface area contributed by atoms with Crippen LogP contribution in [0.1, 0.15) is 21.6 Å². The van der Waals surface area contributed by atoms with Crippen LogP contribution < -0.4 is 4.72 Å². The van der Waals surface area contributed by atoms with Gasteiger partial charge in [0.05, 0.1) is 10.4 Å². The average molecular weight is 555 g/mol. The predicted molar refractivity (Wildman–Crippen MR) is 130 cm³/mol. The molecule has 4 aromatic rings. The smallest absolute Gasteiger partial charge is 0.361 e. The lowest BCUT2D eigenvalue weighted by Gasteiger charge is -2.19. The molecule has 2 aromatic heterocycles. The number of alkyl halides is 3. The fourth-order valence-electron chi connectivity index (χ4n) is 3.38. The zero-order chi connectivity index (χ0) is 26.1. The Morgan fingerprint density at radius 1 is 1.03 bits per heavy atom. The molecule has 0 aliphatic carbocycles. The molecule has 188 valence electrons. The first-order valence-corrected chi connectivity index (χ1v) is 14.2. The highest BCUT2D eigenvalue weighted by Gasteiger charge is 2.34. The highest BCUT2D eigenvalue weighted by atomic mass is 32.2. The molecule has 0 aliphatic heterocycles. The van der Waals surface area contributed by atoms with Gasteiger partial charge in [0.25, 0.3) is 10.0 Å². The van der Waals surface area contributed by atoms with Crippen molar-refractivity contribution in [1.29, 1.82) is 0 Å². The third-order valence-electron chi connectivity index (χ3n) is 5.17. The number of nitrogens with one attached hydrogen (secondary N) is 2. The van der Waals surface area contributed by atoms with Crippen LogP contribution in [0.15, 0.2) is 71.1 Å². The summed E-state index contributed by atoms with van der Waals surface area (Å²) >= 11 is 0.766. The standard InChI is InChI=1S/C23H18F3N2O5PS2/c24-23(25,26)17-8-5-15(6-9-17)7-10-18-11-12-22(35-18)36(32,33)28-21(34(29,30)31)13-16-14-27-20-4-2-1-3-19(16)20/h1-6,8-9,11-12,14,21,27-28H,13H2,(H2,29,30,31)/t21-/m0/s1. The highest BCUT2D eigenvalue weighted by molar-refractivity contribution is 7.92. The van der Waals surface area contributed by atoms with E-state index in [4.69, 9.17) is 0 Å². The second-order valence-electron chi connectivity index (χ2n) is 7.73. The predicted octanol–water partition coefficient (Wildman–Crippen LogP) is 4.67. The summed E-state index contributed by atoms with van der Waals surface area (Å²) in [6, 6.07) is 13.9. The molecule has 0 fully saturated rings. The third-order valence-corrected chi connectivity index (χ3v) is 9.44. The maximum atomic E-state index is 12.9. The molecule has 2 heterocycles. The van der Waals surface area contributed by atoms with Gasteiger partial charge in [0, 0.05) is 29.1 Å². The van der Waals surface area contributed by atoms with Crippen LogP contribution >= 0.6 is 18.9 Å². The van der Waals surface area contributed by atoms with Crippen molar-refractivity contribution in [2.24, 2.45) is 0 Å². The molecule has 0 saturated carbocycles. The minimum Gasteiger partial charge on any atom is -0.361 e. The number of thiophene rings is 1. The lowest BCUT2D eigenvalue weighted by Crippen LogP contribution is -2.36. The van der Waals surface area contributed by atoms with Crippen molar-refractivity contribution in [3.8, 4) is 11.8 Å². The number of para-hydroxylation sites is 1. The van der Waals surface area contributed by atoms with Crippen LogP contribution in [0.2, 0.25) is 0 Å². The molecule has 0 radical (unpaired) electrons. The Hall–Kier alpha value is -2.91. The van der Waals surface area contributed by atoms with E-state index in [2.05, 4.69) is 21.5 Å². The van der Waals surface area contributed by atoms with Crippen LogP contribution in [-0.4, -0.2) is 29.0 Å². The molecular formula is C23H18F3N2O5PS2. The molecule has 0 saturated heterocycles. The van der Waals surface area contributed by atoms with Crippen molar-refractivity contribution in [3.05, 3.63) is 88.4 Å². The number of rotatable bonds is 6. The molecule has 0 aliphatic rings. The molecule has 13 heteroatoms. The quantitative estimate of drug-likeness (QED) is 0.204. The molecular weight excluding hydrogens is 536 g/mol. The van der Waals surface area contributed by atoms with Crippen molar-refractivity contribution in [1.82, 2.24) is 9.71 Å². The zero-order valence-corrected chi connectivity index (χ0v) is 20.7. The maximum Gasteiger partial charge on any atom is 0.416 e. The van der Waals surface area contributed by atoms with Gasteiger partial charge in [-0.3, -0.25) is 4.57 Å². The number of aromatic amines is 1. The van der Waals surface area contributed by atoms with Gasteiger partial charge in [-0.15, -0.1) is 11.3 Å². The Morgan fingerprint density at radius 3 is 2.39 bits per heavy atom. The van der Waals surface area contributed by atoms with Crippen LogP contribution in [0.5, 0.6) is 0 Å². The van der Waals surface area contributed by atoms with E-state index in [0.29, 0.717) is 21.4 Å². The van der Waals surface area contributed by atoms with Crippen molar-refractivity contribution in [2.45, 2.75) is 22.6 Å². The van der Waals surface area contributed by atoms with E-state index in [1.807, 2.05) is 0 Å². The number of H-pyrrole nitrogens is 1. The van der Waals surface area contributed by atoms with Gasteiger partial charge in [0.2, 0.25) is 0 Å². The van der Waals surface area contributed by atoms with Crippen LogP contribution in [0.4, 0.5) is 13.2 Å². The zero-order valence-electron chi connectivity index (χ0n) is 18.2. The molecule has 4 N–H and O–H groups in total. The lowest BCUT2D eigenvalue weighted by molar-refractivity contribution is -0.137. The van der Waals surface area contributed by atoms with Crippen LogP contribution in [0.3, 0.4) is 0 Å². The van der Waals surface area contributed by atoms with E-state index in [1.165, 1.54) is 24.3 Å². The van der Waals surface area contributed by atoms with Crippen molar-refractivity contribution in [2.75, 3.05) is 0 Å². The number of fused-ring (bicyclic) bond motifs is 1. The van der Waals surface area contributed by atoms with Gasteiger partial charge in [0.15, 0.2) is 0 Å². The molecule has 0 bridgehead atoms. The maximum absolute atomic E-state index is 12.9. The van der Waals surface area contributed by atoms with E-state index in [-0.39, 0.29) is 10.6 Å². The molecule has 0 unspecified atom stereocenters. The van der Waals surface area contributed by atoms with Gasteiger partial charge in [-0.05, 0) is 48.0 Å². The van der Waals surface area contributed by atoms with E-state index in [1.54, 1.807) is 30.5 Å². The Kier molecular flexibility index (Phi) is 7.16. The normalized spacial score (nSPS) is 13.4. The summed E-state index contributed by atoms with van der Waals surface area (Å²) < 4.78 is 77.8. The highest BCUT2D eigenvalue weighted by Crippen LogP contribution is 2.43. The van der Waals surface area contributed by atoms with E-state index < -0.39 is 35.1 Å². The second-order valence-corrected chi connectivity index (χ2v) is 12.6.